The van der Waals surface area contributed by atoms with Crippen LogP contribution in [0.25, 0.3) is 0 Å². The minimum absolute atomic E-state index is 0.0929. The van der Waals surface area contributed by atoms with E-state index in [-0.39, 0.29) is 17.4 Å². The Morgan fingerprint density at radius 3 is 2.81 bits per heavy atom. The number of carbonyl (C=O) groups is 1. The zero-order chi connectivity index (χ0) is 11.9. The number of carboxylic acids is 1. The first-order valence-electron chi connectivity index (χ1n) is 4.91. The van der Waals surface area contributed by atoms with E-state index in [9.17, 15) is 9.90 Å². The lowest BCUT2D eigenvalue weighted by Gasteiger charge is -2.08. The molecule has 0 saturated heterocycles. The molecule has 16 heavy (non-hydrogen) atoms. The first-order chi connectivity index (χ1) is 7.50. The van der Waals surface area contributed by atoms with Gasteiger partial charge in [0.05, 0.1) is 0 Å². The molecule has 4 heteroatoms. The minimum atomic E-state index is -1.14. The van der Waals surface area contributed by atoms with E-state index in [0.29, 0.717) is 17.7 Å². The molecule has 0 fully saturated rings. The lowest BCUT2D eigenvalue weighted by molar-refractivity contribution is 0.0693. The van der Waals surface area contributed by atoms with Gasteiger partial charge in [0.2, 0.25) is 0 Å². The fourth-order valence-electron chi connectivity index (χ4n) is 1.75. The van der Waals surface area contributed by atoms with Gasteiger partial charge in [0.15, 0.2) is 0 Å². The monoisotopic (exact) mass is 220 g/mol. The number of fused-ring (bicyclic) bond motifs is 1. The number of aromatic carboxylic acids is 1. The van der Waals surface area contributed by atoms with Gasteiger partial charge in [-0.15, -0.1) is 0 Å². The Kier molecular flexibility index (Phi) is 2.34. The summed E-state index contributed by atoms with van der Waals surface area (Å²) in [6, 6.07) is 2.92. The van der Waals surface area contributed by atoms with Crippen LogP contribution in [-0.4, -0.2) is 22.3 Å². The molecule has 0 saturated carbocycles. The Labute approximate surface area is 92.8 Å². The van der Waals surface area contributed by atoms with E-state index in [2.05, 4.69) is 6.58 Å². The molecule has 4 nitrogen and oxygen atoms in total. The second-order valence-electron chi connectivity index (χ2n) is 3.90. The Balaban J connectivity index is 2.44. The summed E-state index contributed by atoms with van der Waals surface area (Å²) in [5.41, 5.74) is 1.31. The van der Waals surface area contributed by atoms with Gasteiger partial charge >= 0.3 is 5.97 Å². The van der Waals surface area contributed by atoms with Gasteiger partial charge in [-0.2, -0.15) is 0 Å². The first kappa shape index (κ1) is 10.5. The van der Waals surface area contributed by atoms with E-state index >= 15 is 0 Å². The van der Waals surface area contributed by atoms with Crippen LogP contribution < -0.4 is 4.74 Å². The third kappa shape index (κ3) is 1.52. The normalized spacial score (nSPS) is 17.7. The molecule has 0 spiro atoms. The highest BCUT2D eigenvalue weighted by atomic mass is 16.5. The smallest absolute Gasteiger partial charge is 0.339 e. The summed E-state index contributed by atoms with van der Waals surface area (Å²) in [7, 11) is 0. The molecular weight excluding hydrogens is 208 g/mol. The predicted octanol–water partition coefficient (Wildman–Crippen LogP) is 1.97. The molecule has 1 aromatic carbocycles. The SMILES string of the molecule is C=C(C)[C@@H]1Cc2c(ccc(C(=O)O)c2O)O1. The maximum Gasteiger partial charge on any atom is 0.339 e. The largest absolute Gasteiger partial charge is 0.507 e. The Morgan fingerprint density at radius 2 is 2.25 bits per heavy atom. The number of hydrogen-bond donors (Lipinski definition) is 2. The van der Waals surface area contributed by atoms with E-state index in [1.54, 1.807) is 6.07 Å². The highest BCUT2D eigenvalue weighted by Crippen LogP contribution is 2.39. The number of hydrogen-bond acceptors (Lipinski definition) is 3. The standard InChI is InChI=1S/C12H12O4/c1-6(2)10-5-8-9(16-10)4-3-7(11(8)13)12(14)15/h3-4,10,13H,1,5H2,2H3,(H,14,15)/t10-/m0/s1. The summed E-state index contributed by atoms with van der Waals surface area (Å²) >= 11 is 0. The van der Waals surface area contributed by atoms with E-state index in [1.165, 1.54) is 6.07 Å². The van der Waals surface area contributed by atoms with E-state index in [4.69, 9.17) is 9.84 Å². The maximum atomic E-state index is 10.8. The van der Waals surface area contributed by atoms with Crippen LogP contribution in [0.15, 0.2) is 24.3 Å². The number of phenols is 1. The molecule has 0 unspecified atom stereocenters. The van der Waals surface area contributed by atoms with Crippen molar-refractivity contribution in [3.63, 3.8) is 0 Å². The van der Waals surface area contributed by atoms with Gasteiger partial charge in [0, 0.05) is 12.0 Å². The molecule has 1 heterocycles. The number of aromatic hydroxyl groups is 1. The van der Waals surface area contributed by atoms with Crippen LogP contribution in [0.2, 0.25) is 0 Å². The summed E-state index contributed by atoms with van der Waals surface area (Å²) in [4.78, 5) is 10.8. The first-order valence-corrected chi connectivity index (χ1v) is 4.91. The van der Waals surface area contributed by atoms with E-state index in [1.807, 2.05) is 6.92 Å². The molecular formula is C12H12O4. The number of benzene rings is 1. The quantitative estimate of drug-likeness (QED) is 0.748. The predicted molar refractivity (Wildman–Crippen MR) is 58.0 cm³/mol. The van der Waals surface area contributed by atoms with Crippen molar-refractivity contribution in [3.05, 3.63) is 35.4 Å². The van der Waals surface area contributed by atoms with Gasteiger partial charge in [-0.3, -0.25) is 0 Å². The summed E-state index contributed by atoms with van der Waals surface area (Å²) in [6.45, 7) is 5.62. The molecule has 0 aliphatic carbocycles. The Morgan fingerprint density at radius 1 is 1.56 bits per heavy atom. The third-order valence-electron chi connectivity index (χ3n) is 2.68. The maximum absolute atomic E-state index is 10.8. The summed E-state index contributed by atoms with van der Waals surface area (Å²) < 4.78 is 5.53. The molecule has 2 rings (SSSR count). The summed E-state index contributed by atoms with van der Waals surface area (Å²) in [6.07, 6.45) is 0.294. The summed E-state index contributed by atoms with van der Waals surface area (Å²) in [5.74, 6) is -0.802. The van der Waals surface area contributed by atoms with Gasteiger partial charge in [-0.25, -0.2) is 4.79 Å². The van der Waals surface area contributed by atoms with Crippen LogP contribution in [0.4, 0.5) is 0 Å². The molecule has 1 aromatic rings. The number of carboxylic acid groups (broad SMARTS) is 1. The topological polar surface area (TPSA) is 66.8 Å². The molecule has 0 amide bonds. The number of rotatable bonds is 2. The van der Waals surface area contributed by atoms with Crippen molar-refractivity contribution in [2.75, 3.05) is 0 Å². The van der Waals surface area contributed by atoms with Crippen LogP contribution in [0.5, 0.6) is 11.5 Å². The van der Waals surface area contributed by atoms with Crippen LogP contribution in [0, 0.1) is 0 Å². The van der Waals surface area contributed by atoms with Crippen molar-refractivity contribution in [1.29, 1.82) is 0 Å². The van der Waals surface area contributed by atoms with Crippen molar-refractivity contribution in [2.45, 2.75) is 19.4 Å². The molecule has 0 radical (unpaired) electrons. The third-order valence-corrected chi connectivity index (χ3v) is 2.68. The molecule has 1 aliphatic heterocycles. The highest BCUT2D eigenvalue weighted by molar-refractivity contribution is 5.91. The van der Waals surface area contributed by atoms with Gasteiger partial charge in [-0.05, 0) is 24.6 Å². The molecule has 84 valence electrons. The fourth-order valence-corrected chi connectivity index (χ4v) is 1.75. The van der Waals surface area contributed by atoms with Crippen molar-refractivity contribution in [1.82, 2.24) is 0 Å². The van der Waals surface area contributed by atoms with Crippen molar-refractivity contribution in [2.24, 2.45) is 0 Å². The number of ether oxygens (including phenoxy) is 1. The molecule has 0 bridgehead atoms. The van der Waals surface area contributed by atoms with Gasteiger partial charge in [0.25, 0.3) is 0 Å². The lowest BCUT2D eigenvalue weighted by Crippen LogP contribution is -2.13. The van der Waals surface area contributed by atoms with Crippen LogP contribution in [-0.2, 0) is 6.42 Å². The minimum Gasteiger partial charge on any atom is -0.507 e. The van der Waals surface area contributed by atoms with Crippen LogP contribution >= 0.6 is 0 Å². The zero-order valence-electron chi connectivity index (χ0n) is 8.86. The van der Waals surface area contributed by atoms with Crippen molar-refractivity contribution >= 4 is 5.97 Å². The highest BCUT2D eigenvalue weighted by Gasteiger charge is 2.28. The second kappa shape index (κ2) is 3.56. The zero-order valence-corrected chi connectivity index (χ0v) is 8.86. The van der Waals surface area contributed by atoms with Gasteiger partial charge < -0.3 is 14.9 Å². The van der Waals surface area contributed by atoms with E-state index < -0.39 is 5.97 Å². The molecule has 1 atom stereocenters. The second-order valence-corrected chi connectivity index (χ2v) is 3.90. The Hall–Kier alpha value is -1.97. The molecule has 1 aliphatic rings. The lowest BCUT2D eigenvalue weighted by atomic mass is 10.0. The molecule has 0 aromatic heterocycles. The summed E-state index contributed by atoms with van der Waals surface area (Å²) in [5, 5.41) is 18.6. The average molecular weight is 220 g/mol. The fraction of sp³-hybridized carbons (Fsp3) is 0.250. The molecule has 2 N–H and O–H groups in total. The van der Waals surface area contributed by atoms with Crippen molar-refractivity contribution in [3.8, 4) is 11.5 Å². The van der Waals surface area contributed by atoms with Gasteiger partial charge in [0.1, 0.15) is 23.2 Å². The average Bonchev–Trinajstić information content (AvgIpc) is 2.62. The Bertz CT molecular complexity index is 476. The van der Waals surface area contributed by atoms with Crippen LogP contribution in [0.3, 0.4) is 0 Å². The van der Waals surface area contributed by atoms with E-state index in [0.717, 1.165) is 5.57 Å². The van der Waals surface area contributed by atoms with Crippen molar-refractivity contribution < 1.29 is 19.7 Å². The van der Waals surface area contributed by atoms with Gasteiger partial charge in [-0.1, -0.05) is 6.58 Å². The van der Waals surface area contributed by atoms with Crippen LogP contribution in [0.1, 0.15) is 22.8 Å².